The molecule has 102 valence electrons. The molecule has 0 atom stereocenters. The second-order valence-corrected chi connectivity index (χ2v) is 4.10. The van der Waals surface area contributed by atoms with Crippen LogP contribution in [0.3, 0.4) is 0 Å². The quantitative estimate of drug-likeness (QED) is 0.525. The zero-order valence-electron chi connectivity index (χ0n) is 11.0. The number of rotatable bonds is 5. The lowest BCUT2D eigenvalue weighted by Gasteiger charge is -2.10. The highest BCUT2D eigenvalue weighted by Gasteiger charge is 2.09. The van der Waals surface area contributed by atoms with Crippen molar-refractivity contribution in [3.8, 4) is 6.01 Å². The lowest BCUT2D eigenvalue weighted by atomic mass is 10.5. The number of anilines is 3. The van der Waals surface area contributed by atoms with Gasteiger partial charge in [-0.2, -0.15) is 20.1 Å². The van der Waals surface area contributed by atoms with Gasteiger partial charge in [-0.1, -0.05) is 0 Å². The summed E-state index contributed by atoms with van der Waals surface area (Å²) in [6.45, 7) is 3.76. The molecule has 0 saturated heterocycles. The van der Waals surface area contributed by atoms with Gasteiger partial charge in [0.2, 0.25) is 11.9 Å². The van der Waals surface area contributed by atoms with E-state index in [0.29, 0.717) is 5.95 Å². The summed E-state index contributed by atoms with van der Waals surface area (Å²) in [7, 11) is 1.82. The minimum atomic E-state index is -0.0423. The number of hydrogen-bond donors (Lipinski definition) is 3. The van der Waals surface area contributed by atoms with Gasteiger partial charge in [0.1, 0.15) is 0 Å². The van der Waals surface area contributed by atoms with Gasteiger partial charge in [-0.25, -0.2) is 5.84 Å². The van der Waals surface area contributed by atoms with Crippen molar-refractivity contribution in [1.29, 1.82) is 0 Å². The fourth-order valence-corrected chi connectivity index (χ4v) is 1.36. The highest BCUT2D eigenvalue weighted by atomic mass is 16.5. The molecule has 4 N–H and O–H groups in total. The van der Waals surface area contributed by atoms with Crippen LogP contribution in [0.2, 0.25) is 0 Å². The van der Waals surface area contributed by atoms with E-state index in [1.165, 1.54) is 0 Å². The van der Waals surface area contributed by atoms with Crippen LogP contribution in [-0.2, 0) is 7.05 Å². The highest BCUT2D eigenvalue weighted by Crippen LogP contribution is 2.16. The number of nitrogens with two attached hydrogens (primary N) is 1. The molecule has 0 aliphatic heterocycles. The smallest absolute Gasteiger partial charge is 0.323 e. The van der Waals surface area contributed by atoms with Crippen LogP contribution in [-0.4, -0.2) is 30.8 Å². The molecule has 9 nitrogen and oxygen atoms in total. The van der Waals surface area contributed by atoms with Gasteiger partial charge < -0.3 is 10.1 Å². The minimum Gasteiger partial charge on any atom is -0.461 e. The molecule has 0 amide bonds. The third-order valence-corrected chi connectivity index (χ3v) is 2.05. The summed E-state index contributed by atoms with van der Waals surface area (Å²) in [6.07, 6.45) is 3.41. The van der Waals surface area contributed by atoms with E-state index < -0.39 is 0 Å². The molecule has 19 heavy (non-hydrogen) atoms. The van der Waals surface area contributed by atoms with Crippen molar-refractivity contribution < 1.29 is 4.74 Å². The van der Waals surface area contributed by atoms with Crippen LogP contribution in [0.5, 0.6) is 6.01 Å². The summed E-state index contributed by atoms with van der Waals surface area (Å²) in [5, 5.41) is 7.03. The molecular formula is C10H16N8O. The first-order valence-corrected chi connectivity index (χ1v) is 5.72. The predicted molar refractivity (Wildman–Crippen MR) is 69.9 cm³/mol. The Morgan fingerprint density at radius 3 is 2.58 bits per heavy atom. The molecule has 2 aromatic heterocycles. The van der Waals surface area contributed by atoms with Crippen molar-refractivity contribution in [1.82, 2.24) is 24.7 Å². The first-order valence-electron chi connectivity index (χ1n) is 5.72. The van der Waals surface area contributed by atoms with Gasteiger partial charge in [-0.15, -0.1) is 0 Å². The van der Waals surface area contributed by atoms with Crippen molar-refractivity contribution in [2.45, 2.75) is 20.0 Å². The van der Waals surface area contributed by atoms with Gasteiger partial charge in [0.15, 0.2) is 0 Å². The van der Waals surface area contributed by atoms with Crippen LogP contribution in [0, 0.1) is 0 Å². The van der Waals surface area contributed by atoms with Crippen LogP contribution in [0.1, 0.15) is 13.8 Å². The predicted octanol–water partition coefficient (Wildman–Crippen LogP) is 0.421. The number of hydrazine groups is 1. The van der Waals surface area contributed by atoms with Crippen LogP contribution < -0.4 is 21.3 Å². The molecule has 0 bridgehead atoms. The van der Waals surface area contributed by atoms with E-state index >= 15 is 0 Å². The van der Waals surface area contributed by atoms with Crippen molar-refractivity contribution in [3.05, 3.63) is 12.4 Å². The number of nitrogens with zero attached hydrogens (tertiary/aromatic N) is 5. The Morgan fingerprint density at radius 2 is 2.00 bits per heavy atom. The number of nitrogen functional groups attached to an aromatic ring is 1. The van der Waals surface area contributed by atoms with E-state index in [9.17, 15) is 0 Å². The zero-order valence-corrected chi connectivity index (χ0v) is 11.0. The van der Waals surface area contributed by atoms with Gasteiger partial charge in [-0.05, 0) is 13.8 Å². The van der Waals surface area contributed by atoms with Gasteiger partial charge in [0.05, 0.1) is 18.0 Å². The fraction of sp³-hybridized carbons (Fsp3) is 0.400. The van der Waals surface area contributed by atoms with Crippen molar-refractivity contribution in [2.24, 2.45) is 12.9 Å². The summed E-state index contributed by atoms with van der Waals surface area (Å²) < 4.78 is 7.09. The van der Waals surface area contributed by atoms with Crippen molar-refractivity contribution >= 4 is 17.6 Å². The third kappa shape index (κ3) is 3.52. The molecule has 0 aliphatic carbocycles. The van der Waals surface area contributed by atoms with Crippen LogP contribution in [0.25, 0.3) is 0 Å². The Hall–Kier alpha value is -2.42. The third-order valence-electron chi connectivity index (χ3n) is 2.05. The maximum atomic E-state index is 5.42. The van der Waals surface area contributed by atoms with E-state index in [1.807, 2.05) is 20.9 Å². The summed E-state index contributed by atoms with van der Waals surface area (Å²) >= 11 is 0. The van der Waals surface area contributed by atoms with E-state index in [-0.39, 0.29) is 18.1 Å². The lowest BCUT2D eigenvalue weighted by Crippen LogP contribution is -2.15. The number of ether oxygens (including phenoxy) is 1. The standard InChI is InChI=1S/C10H16N8O/c1-6(2)19-10-15-8(14-9(16-10)17-11)13-7-4-12-18(3)5-7/h4-6H,11H2,1-3H3,(H2,13,14,15,16,17). The average Bonchev–Trinajstić information content (AvgIpc) is 2.73. The van der Waals surface area contributed by atoms with Crippen LogP contribution >= 0.6 is 0 Å². The van der Waals surface area contributed by atoms with Gasteiger partial charge in [0.25, 0.3) is 0 Å². The normalized spacial score (nSPS) is 10.6. The molecule has 2 aromatic rings. The largest absolute Gasteiger partial charge is 0.461 e. The monoisotopic (exact) mass is 264 g/mol. The molecule has 2 rings (SSSR count). The first kappa shape index (κ1) is 13.0. The van der Waals surface area contributed by atoms with E-state index in [2.05, 4.69) is 30.8 Å². The van der Waals surface area contributed by atoms with Gasteiger partial charge in [0, 0.05) is 13.2 Å². The highest BCUT2D eigenvalue weighted by molar-refractivity contribution is 5.51. The topological polar surface area (TPSA) is 116 Å². The Morgan fingerprint density at radius 1 is 1.26 bits per heavy atom. The van der Waals surface area contributed by atoms with Crippen LogP contribution in [0.15, 0.2) is 12.4 Å². The first-order chi connectivity index (χ1) is 9.06. The fourth-order valence-electron chi connectivity index (χ4n) is 1.36. The molecule has 2 heterocycles. The second-order valence-electron chi connectivity index (χ2n) is 4.10. The summed E-state index contributed by atoms with van der Waals surface area (Å²) in [5.74, 6) is 5.86. The average molecular weight is 264 g/mol. The SMILES string of the molecule is CC(C)Oc1nc(NN)nc(Nc2cnn(C)c2)n1. The number of nitrogens with one attached hydrogen (secondary N) is 2. The Bertz CT molecular complexity index is 552. The minimum absolute atomic E-state index is 0.0423. The molecule has 0 fully saturated rings. The number of aryl methyl sites for hydroxylation is 1. The molecule has 0 radical (unpaired) electrons. The van der Waals surface area contributed by atoms with E-state index in [0.717, 1.165) is 5.69 Å². The maximum absolute atomic E-state index is 5.42. The molecule has 0 unspecified atom stereocenters. The van der Waals surface area contributed by atoms with E-state index in [4.69, 9.17) is 10.6 Å². The second kappa shape index (κ2) is 5.48. The Labute approximate surface area is 110 Å². The molecule has 0 spiro atoms. The van der Waals surface area contributed by atoms with Gasteiger partial charge >= 0.3 is 6.01 Å². The van der Waals surface area contributed by atoms with Gasteiger partial charge in [-0.3, -0.25) is 10.1 Å². The Balaban J connectivity index is 2.23. The Kier molecular flexibility index (Phi) is 3.76. The summed E-state index contributed by atoms with van der Waals surface area (Å²) in [5.41, 5.74) is 3.13. The summed E-state index contributed by atoms with van der Waals surface area (Å²) in [6, 6.07) is 0.198. The van der Waals surface area contributed by atoms with E-state index in [1.54, 1.807) is 17.1 Å². The van der Waals surface area contributed by atoms with Crippen molar-refractivity contribution in [3.63, 3.8) is 0 Å². The zero-order chi connectivity index (χ0) is 13.8. The molecule has 0 aromatic carbocycles. The molecular weight excluding hydrogens is 248 g/mol. The summed E-state index contributed by atoms with van der Waals surface area (Å²) in [4.78, 5) is 12.2. The molecule has 0 aliphatic rings. The van der Waals surface area contributed by atoms with Crippen LogP contribution in [0.4, 0.5) is 17.6 Å². The lowest BCUT2D eigenvalue weighted by molar-refractivity contribution is 0.222. The molecule has 9 heteroatoms. The number of aromatic nitrogens is 5. The number of hydrogen-bond acceptors (Lipinski definition) is 8. The maximum Gasteiger partial charge on any atom is 0.323 e. The molecule has 0 saturated carbocycles. The van der Waals surface area contributed by atoms with Crippen molar-refractivity contribution in [2.75, 3.05) is 10.7 Å².